The molecular weight excluding hydrogens is 479 g/mol. The van der Waals surface area contributed by atoms with Gasteiger partial charge in [0.1, 0.15) is 5.82 Å². The summed E-state index contributed by atoms with van der Waals surface area (Å²) in [7, 11) is 1.61. The molecule has 4 rings (SSSR count). The number of hydrogen-bond acceptors (Lipinski definition) is 3. The smallest absolute Gasteiger partial charge is 0.342 e. The number of nitrogens with one attached hydrogen (secondary N) is 2. The highest BCUT2D eigenvalue weighted by Crippen LogP contribution is 2.32. The van der Waals surface area contributed by atoms with Crippen molar-refractivity contribution in [1.29, 1.82) is 0 Å². The highest BCUT2D eigenvalue weighted by molar-refractivity contribution is 6.33. The maximum absolute atomic E-state index is 12.8. The van der Waals surface area contributed by atoms with E-state index in [-0.39, 0.29) is 12.1 Å². The number of aromatic nitrogens is 2. The first-order valence-corrected chi connectivity index (χ1v) is 11.8. The number of aromatic amines is 1. The molecule has 0 spiro atoms. The quantitative estimate of drug-likeness (QED) is 0.456. The molecule has 1 aliphatic rings. The Kier molecular flexibility index (Phi) is 7.37. The Balaban J connectivity index is 1.42. The van der Waals surface area contributed by atoms with Gasteiger partial charge in [0.05, 0.1) is 22.0 Å². The molecule has 1 fully saturated rings. The first-order chi connectivity index (χ1) is 16.7. The summed E-state index contributed by atoms with van der Waals surface area (Å²) in [5.74, 6) is 0.547. The van der Waals surface area contributed by atoms with Gasteiger partial charge in [0.15, 0.2) is 0 Å². The van der Waals surface area contributed by atoms with Crippen molar-refractivity contribution in [3.63, 3.8) is 0 Å². The molecule has 2 heterocycles. The number of H-pyrrole nitrogens is 1. The number of anilines is 1. The molecule has 0 bridgehead atoms. The van der Waals surface area contributed by atoms with E-state index in [0.29, 0.717) is 28.6 Å². The fourth-order valence-electron chi connectivity index (χ4n) is 4.39. The maximum atomic E-state index is 12.8. The third kappa shape index (κ3) is 5.62. The maximum Gasteiger partial charge on any atom is 0.416 e. The molecule has 6 nitrogen and oxygen atoms in total. The summed E-state index contributed by atoms with van der Waals surface area (Å²) < 4.78 is 38.5. The molecule has 0 aliphatic carbocycles. The fraction of sp³-hybridized carbons (Fsp3) is 0.360. The minimum absolute atomic E-state index is 0.00842. The van der Waals surface area contributed by atoms with E-state index >= 15 is 0 Å². The SMILES string of the molecule is CNC(=O)N(c1ccccc1Cl)C1CCN(Cc2nc(-c3ccc(C(F)(F)F)cc3)[nH]c2C)CC1. The zero-order valence-corrected chi connectivity index (χ0v) is 20.2. The highest BCUT2D eigenvalue weighted by Gasteiger charge is 2.31. The predicted molar refractivity (Wildman–Crippen MR) is 130 cm³/mol. The first kappa shape index (κ1) is 25.1. The van der Waals surface area contributed by atoms with Gasteiger partial charge in [-0.3, -0.25) is 9.80 Å². The molecule has 1 aromatic heterocycles. The Morgan fingerprint density at radius 3 is 2.43 bits per heavy atom. The second kappa shape index (κ2) is 10.3. The molecule has 10 heteroatoms. The van der Waals surface area contributed by atoms with Crippen molar-refractivity contribution in [3.8, 4) is 11.4 Å². The molecule has 186 valence electrons. The lowest BCUT2D eigenvalue weighted by molar-refractivity contribution is -0.137. The summed E-state index contributed by atoms with van der Waals surface area (Å²) in [5.41, 5.74) is 2.34. The fourth-order valence-corrected chi connectivity index (χ4v) is 4.62. The van der Waals surface area contributed by atoms with Gasteiger partial charge in [-0.1, -0.05) is 35.9 Å². The van der Waals surface area contributed by atoms with Crippen molar-refractivity contribution in [2.75, 3.05) is 25.0 Å². The number of benzene rings is 2. The van der Waals surface area contributed by atoms with Crippen LogP contribution >= 0.6 is 11.6 Å². The number of para-hydroxylation sites is 1. The number of nitrogens with zero attached hydrogens (tertiary/aromatic N) is 3. The normalized spacial score (nSPS) is 15.3. The minimum Gasteiger partial charge on any atom is -0.342 e. The Bertz CT molecular complexity index is 1170. The van der Waals surface area contributed by atoms with E-state index in [9.17, 15) is 18.0 Å². The number of amides is 2. The molecule has 2 aromatic carbocycles. The monoisotopic (exact) mass is 505 g/mol. The van der Waals surface area contributed by atoms with Gasteiger partial charge in [-0.25, -0.2) is 9.78 Å². The Hall–Kier alpha value is -3.04. The highest BCUT2D eigenvalue weighted by atomic mass is 35.5. The lowest BCUT2D eigenvalue weighted by Crippen LogP contribution is -2.50. The van der Waals surface area contributed by atoms with E-state index < -0.39 is 11.7 Å². The summed E-state index contributed by atoms with van der Waals surface area (Å²) in [6, 6.07) is 12.1. The number of rotatable bonds is 5. The van der Waals surface area contributed by atoms with Crippen LogP contribution in [0.15, 0.2) is 48.5 Å². The van der Waals surface area contributed by atoms with E-state index in [1.54, 1.807) is 18.0 Å². The molecular formula is C25H27ClF3N5O. The number of carbonyl (C=O) groups excluding carboxylic acids is 1. The third-order valence-electron chi connectivity index (χ3n) is 6.31. The minimum atomic E-state index is -4.37. The number of alkyl halides is 3. The van der Waals surface area contributed by atoms with Crippen molar-refractivity contribution in [2.45, 2.75) is 38.5 Å². The van der Waals surface area contributed by atoms with Crippen molar-refractivity contribution in [1.82, 2.24) is 20.2 Å². The van der Waals surface area contributed by atoms with Crippen LogP contribution in [0.3, 0.4) is 0 Å². The van der Waals surface area contributed by atoms with Crippen molar-refractivity contribution < 1.29 is 18.0 Å². The summed E-state index contributed by atoms with van der Waals surface area (Å²) in [5, 5.41) is 3.24. The van der Waals surface area contributed by atoms with Gasteiger partial charge in [-0.15, -0.1) is 0 Å². The van der Waals surface area contributed by atoms with Gasteiger partial charge >= 0.3 is 12.2 Å². The van der Waals surface area contributed by atoms with Crippen LogP contribution < -0.4 is 10.2 Å². The van der Waals surface area contributed by atoms with Crippen LogP contribution in [-0.2, 0) is 12.7 Å². The van der Waals surface area contributed by atoms with Crippen LogP contribution in [0.4, 0.5) is 23.7 Å². The Labute approximate surface area is 207 Å². The molecule has 3 aromatic rings. The molecule has 2 N–H and O–H groups in total. The van der Waals surface area contributed by atoms with Crippen LogP contribution in [0.25, 0.3) is 11.4 Å². The van der Waals surface area contributed by atoms with Gasteiger partial charge in [-0.05, 0) is 44.0 Å². The number of piperidine rings is 1. The topological polar surface area (TPSA) is 64.3 Å². The van der Waals surface area contributed by atoms with E-state index in [1.165, 1.54) is 12.1 Å². The van der Waals surface area contributed by atoms with Crippen LogP contribution in [0.5, 0.6) is 0 Å². The van der Waals surface area contributed by atoms with Crippen LogP contribution in [0.1, 0.15) is 29.8 Å². The molecule has 0 radical (unpaired) electrons. The molecule has 0 atom stereocenters. The lowest BCUT2D eigenvalue weighted by atomic mass is 10.0. The van der Waals surface area contributed by atoms with Gasteiger partial charge in [0.25, 0.3) is 0 Å². The van der Waals surface area contributed by atoms with E-state index in [0.717, 1.165) is 49.5 Å². The number of imidazole rings is 1. The average Bonchev–Trinajstić information content (AvgIpc) is 3.21. The van der Waals surface area contributed by atoms with Gasteiger partial charge < -0.3 is 10.3 Å². The first-order valence-electron chi connectivity index (χ1n) is 11.4. The standard InChI is InChI=1S/C25H27ClF3N5O/c1-16-21(32-23(31-16)17-7-9-18(10-8-17)25(27,28)29)15-33-13-11-19(12-14-33)34(24(35)30-2)22-6-4-3-5-20(22)26/h3-10,19H,11-15H2,1-2H3,(H,30,35)(H,31,32). The average molecular weight is 506 g/mol. The van der Waals surface area contributed by atoms with Crippen LogP contribution in [-0.4, -0.2) is 47.1 Å². The van der Waals surface area contributed by atoms with Gasteiger partial charge in [0, 0.05) is 44.0 Å². The number of aryl methyl sites for hydroxylation is 1. The summed E-state index contributed by atoms with van der Waals surface area (Å²) in [4.78, 5) is 24.5. The van der Waals surface area contributed by atoms with E-state index in [4.69, 9.17) is 11.6 Å². The number of likely N-dealkylation sites (tertiary alicyclic amines) is 1. The van der Waals surface area contributed by atoms with E-state index in [2.05, 4.69) is 20.2 Å². The number of carbonyl (C=O) groups is 1. The zero-order valence-electron chi connectivity index (χ0n) is 19.5. The Morgan fingerprint density at radius 2 is 1.83 bits per heavy atom. The Morgan fingerprint density at radius 1 is 1.17 bits per heavy atom. The van der Waals surface area contributed by atoms with Crippen molar-refractivity contribution >= 4 is 23.3 Å². The number of urea groups is 1. The van der Waals surface area contributed by atoms with Crippen LogP contribution in [0.2, 0.25) is 5.02 Å². The molecule has 35 heavy (non-hydrogen) atoms. The largest absolute Gasteiger partial charge is 0.416 e. The molecule has 1 aliphatic heterocycles. The van der Waals surface area contributed by atoms with Crippen molar-refractivity contribution in [3.05, 3.63) is 70.5 Å². The second-order valence-electron chi connectivity index (χ2n) is 8.62. The summed E-state index contributed by atoms with van der Waals surface area (Å²) >= 11 is 6.38. The molecule has 0 saturated carbocycles. The zero-order chi connectivity index (χ0) is 25.2. The van der Waals surface area contributed by atoms with Crippen LogP contribution in [0, 0.1) is 6.92 Å². The molecule has 2 amide bonds. The molecule has 1 saturated heterocycles. The van der Waals surface area contributed by atoms with Crippen molar-refractivity contribution in [2.24, 2.45) is 0 Å². The molecule has 0 unspecified atom stereocenters. The van der Waals surface area contributed by atoms with Gasteiger partial charge in [0.2, 0.25) is 0 Å². The van der Waals surface area contributed by atoms with Gasteiger partial charge in [-0.2, -0.15) is 13.2 Å². The second-order valence-corrected chi connectivity index (χ2v) is 9.02. The lowest BCUT2D eigenvalue weighted by Gasteiger charge is -2.38. The predicted octanol–water partition coefficient (Wildman–Crippen LogP) is 5.87. The van der Waals surface area contributed by atoms with E-state index in [1.807, 2.05) is 25.1 Å². The number of halogens is 4. The summed E-state index contributed by atoms with van der Waals surface area (Å²) in [6.45, 7) is 4.06. The third-order valence-corrected chi connectivity index (χ3v) is 6.63. The summed E-state index contributed by atoms with van der Waals surface area (Å²) in [6.07, 6.45) is -2.82. The number of hydrogen-bond donors (Lipinski definition) is 2.